The van der Waals surface area contributed by atoms with E-state index < -0.39 is 12.1 Å². The number of aliphatic hydroxyl groups excluding tert-OH is 1. The van der Waals surface area contributed by atoms with Gasteiger partial charge in [-0.1, -0.05) is 35.9 Å². The average molecular weight is 542 g/mol. The SMILES string of the molecule is Cc1ccc(Oc2cc(-c3cc(C)c(OCCN[C@H](C)[C@H](O)c4ccc(O)cc4)c(C)c3)ccc2C(=O)O)cc1. The van der Waals surface area contributed by atoms with Gasteiger partial charge < -0.3 is 30.1 Å². The number of phenols is 1. The van der Waals surface area contributed by atoms with Crippen LogP contribution in [0.15, 0.2) is 78.9 Å². The second-order valence-corrected chi connectivity index (χ2v) is 10.00. The summed E-state index contributed by atoms with van der Waals surface area (Å²) in [5.74, 6) is 0.743. The average Bonchev–Trinajstić information content (AvgIpc) is 2.93. The van der Waals surface area contributed by atoms with Gasteiger partial charge in [0.05, 0.1) is 6.10 Å². The molecule has 0 amide bonds. The molecule has 0 fully saturated rings. The van der Waals surface area contributed by atoms with Crippen LogP contribution in [0.4, 0.5) is 0 Å². The normalized spacial score (nSPS) is 12.5. The molecule has 0 heterocycles. The van der Waals surface area contributed by atoms with Gasteiger partial charge in [0.2, 0.25) is 0 Å². The number of aryl methyl sites for hydroxylation is 3. The van der Waals surface area contributed by atoms with Crippen molar-refractivity contribution in [2.45, 2.75) is 39.8 Å². The van der Waals surface area contributed by atoms with Gasteiger partial charge in [-0.05, 0) is 104 Å². The third-order valence-electron chi connectivity index (χ3n) is 6.78. The molecule has 4 rings (SSSR count). The molecule has 0 spiro atoms. The molecule has 40 heavy (non-hydrogen) atoms. The van der Waals surface area contributed by atoms with Crippen LogP contribution in [0.25, 0.3) is 11.1 Å². The van der Waals surface area contributed by atoms with Crippen molar-refractivity contribution < 1.29 is 29.6 Å². The maximum Gasteiger partial charge on any atom is 0.339 e. The van der Waals surface area contributed by atoms with E-state index in [9.17, 15) is 20.1 Å². The number of rotatable bonds is 11. The highest BCUT2D eigenvalue weighted by Crippen LogP contribution is 2.34. The third kappa shape index (κ3) is 7.00. The highest BCUT2D eigenvalue weighted by Gasteiger charge is 2.17. The molecule has 4 aromatic carbocycles. The van der Waals surface area contributed by atoms with Gasteiger partial charge in [-0.15, -0.1) is 0 Å². The van der Waals surface area contributed by atoms with E-state index in [4.69, 9.17) is 9.47 Å². The smallest absolute Gasteiger partial charge is 0.339 e. The van der Waals surface area contributed by atoms with Crippen LogP contribution in [-0.2, 0) is 0 Å². The molecule has 0 aliphatic carbocycles. The molecule has 4 N–H and O–H groups in total. The lowest BCUT2D eigenvalue weighted by Gasteiger charge is -2.21. The summed E-state index contributed by atoms with van der Waals surface area (Å²) in [5.41, 5.74) is 5.58. The summed E-state index contributed by atoms with van der Waals surface area (Å²) in [4.78, 5) is 11.8. The lowest BCUT2D eigenvalue weighted by molar-refractivity contribution is 0.0694. The molecule has 0 aliphatic rings. The van der Waals surface area contributed by atoms with Crippen molar-refractivity contribution in [2.24, 2.45) is 0 Å². The number of carbonyl (C=O) groups is 1. The van der Waals surface area contributed by atoms with E-state index in [2.05, 4.69) is 5.32 Å². The molecular weight excluding hydrogens is 506 g/mol. The Morgan fingerprint density at radius 1 is 0.875 bits per heavy atom. The van der Waals surface area contributed by atoms with E-state index in [-0.39, 0.29) is 23.1 Å². The number of aliphatic hydroxyl groups is 1. The summed E-state index contributed by atoms with van der Waals surface area (Å²) in [6, 6.07) is 22.9. The second kappa shape index (κ2) is 12.7. The highest BCUT2D eigenvalue weighted by molar-refractivity contribution is 5.92. The Morgan fingerprint density at radius 2 is 1.52 bits per heavy atom. The molecule has 0 aromatic heterocycles. The fraction of sp³-hybridized carbons (Fsp3) is 0.242. The van der Waals surface area contributed by atoms with Gasteiger partial charge in [-0.3, -0.25) is 0 Å². The molecule has 0 bridgehead atoms. The van der Waals surface area contributed by atoms with Crippen molar-refractivity contribution in [2.75, 3.05) is 13.2 Å². The van der Waals surface area contributed by atoms with Crippen molar-refractivity contribution in [1.82, 2.24) is 5.32 Å². The van der Waals surface area contributed by atoms with E-state index in [0.29, 0.717) is 18.9 Å². The zero-order valence-electron chi connectivity index (χ0n) is 23.1. The van der Waals surface area contributed by atoms with Crippen LogP contribution in [0.2, 0.25) is 0 Å². The number of aromatic hydroxyl groups is 1. The number of phenolic OH excluding ortho intramolecular Hbond substituents is 1. The summed E-state index contributed by atoms with van der Waals surface area (Å²) in [6.45, 7) is 8.78. The minimum absolute atomic E-state index is 0.0926. The van der Waals surface area contributed by atoms with Crippen molar-refractivity contribution >= 4 is 5.97 Å². The Balaban J connectivity index is 1.43. The van der Waals surface area contributed by atoms with Crippen LogP contribution in [-0.4, -0.2) is 40.5 Å². The van der Waals surface area contributed by atoms with Crippen LogP contribution in [0.1, 0.15) is 45.6 Å². The molecule has 7 heteroatoms. The Bertz CT molecular complexity index is 1440. The monoisotopic (exact) mass is 541 g/mol. The fourth-order valence-corrected chi connectivity index (χ4v) is 4.55. The molecule has 0 aliphatic heterocycles. The van der Waals surface area contributed by atoms with Crippen LogP contribution >= 0.6 is 0 Å². The third-order valence-corrected chi connectivity index (χ3v) is 6.78. The summed E-state index contributed by atoms with van der Waals surface area (Å²) in [5, 5.41) is 33.0. The highest BCUT2D eigenvalue weighted by atomic mass is 16.5. The molecule has 0 saturated heterocycles. The number of aromatic carboxylic acids is 1. The Kier molecular flexibility index (Phi) is 9.09. The van der Waals surface area contributed by atoms with E-state index in [1.807, 2.05) is 64.1 Å². The molecule has 4 aromatic rings. The zero-order valence-corrected chi connectivity index (χ0v) is 23.1. The van der Waals surface area contributed by atoms with Crippen LogP contribution in [0, 0.1) is 20.8 Å². The molecule has 208 valence electrons. The number of carboxylic acid groups (broad SMARTS) is 1. The van der Waals surface area contributed by atoms with Crippen molar-refractivity contribution in [1.29, 1.82) is 0 Å². The van der Waals surface area contributed by atoms with Crippen LogP contribution in [0.5, 0.6) is 23.0 Å². The van der Waals surface area contributed by atoms with Crippen molar-refractivity contribution in [3.05, 3.63) is 107 Å². The molecule has 0 radical (unpaired) electrons. The summed E-state index contributed by atoms with van der Waals surface area (Å²) >= 11 is 0. The number of hydrogen-bond acceptors (Lipinski definition) is 6. The van der Waals surface area contributed by atoms with E-state index >= 15 is 0 Å². The number of carboxylic acids is 1. The number of benzene rings is 4. The van der Waals surface area contributed by atoms with Gasteiger partial charge in [0.25, 0.3) is 0 Å². The quantitative estimate of drug-likeness (QED) is 0.159. The summed E-state index contributed by atoms with van der Waals surface area (Å²) in [7, 11) is 0. The van der Waals surface area contributed by atoms with E-state index in [1.54, 1.807) is 42.5 Å². The first kappa shape index (κ1) is 28.7. The standard InChI is InChI=1S/C33H35NO6/c1-20-5-12-28(13-6-20)40-30-19-25(9-14-29(30)33(37)38)26-17-21(2)32(22(3)18-26)39-16-15-34-23(4)31(36)24-7-10-27(35)11-8-24/h5-14,17-19,23,31,34-36H,15-16H2,1-4H3,(H,37,38)/t23-,31+/m1/s1. The maximum atomic E-state index is 11.8. The molecule has 0 saturated carbocycles. The van der Waals surface area contributed by atoms with Gasteiger partial charge >= 0.3 is 5.97 Å². The minimum Gasteiger partial charge on any atom is -0.508 e. The number of ether oxygens (including phenoxy) is 2. The van der Waals surface area contributed by atoms with Gasteiger partial charge in [0, 0.05) is 12.6 Å². The Labute approximate surface area is 234 Å². The van der Waals surface area contributed by atoms with Crippen LogP contribution < -0.4 is 14.8 Å². The first-order valence-electron chi connectivity index (χ1n) is 13.2. The molecule has 0 unspecified atom stereocenters. The van der Waals surface area contributed by atoms with Crippen LogP contribution in [0.3, 0.4) is 0 Å². The van der Waals surface area contributed by atoms with Gasteiger partial charge in [0.1, 0.15) is 35.2 Å². The Hall–Kier alpha value is -4.33. The van der Waals surface area contributed by atoms with Gasteiger partial charge in [-0.2, -0.15) is 0 Å². The number of nitrogens with one attached hydrogen (secondary N) is 1. The Morgan fingerprint density at radius 3 is 2.15 bits per heavy atom. The minimum atomic E-state index is -1.05. The van der Waals surface area contributed by atoms with Crippen molar-refractivity contribution in [3.8, 4) is 34.1 Å². The molecular formula is C33H35NO6. The summed E-state index contributed by atoms with van der Waals surface area (Å²) < 4.78 is 12.1. The largest absolute Gasteiger partial charge is 0.508 e. The predicted octanol–water partition coefficient (Wildman–Crippen LogP) is 6.57. The number of hydrogen-bond donors (Lipinski definition) is 4. The predicted molar refractivity (Wildman–Crippen MR) is 156 cm³/mol. The lowest BCUT2D eigenvalue weighted by Crippen LogP contribution is -2.35. The van der Waals surface area contributed by atoms with Crippen molar-refractivity contribution in [3.63, 3.8) is 0 Å². The fourth-order valence-electron chi connectivity index (χ4n) is 4.55. The zero-order chi connectivity index (χ0) is 28.8. The van der Waals surface area contributed by atoms with Gasteiger partial charge in [0.15, 0.2) is 0 Å². The lowest BCUT2D eigenvalue weighted by atomic mass is 9.98. The first-order chi connectivity index (χ1) is 19.1. The second-order valence-electron chi connectivity index (χ2n) is 10.00. The summed E-state index contributed by atoms with van der Waals surface area (Å²) in [6.07, 6.45) is -0.712. The molecule has 7 nitrogen and oxygen atoms in total. The maximum absolute atomic E-state index is 11.8. The van der Waals surface area contributed by atoms with Gasteiger partial charge in [-0.25, -0.2) is 4.79 Å². The first-order valence-corrected chi connectivity index (χ1v) is 13.2. The van der Waals surface area contributed by atoms with E-state index in [0.717, 1.165) is 39.1 Å². The molecule has 2 atom stereocenters. The topological polar surface area (TPSA) is 108 Å². The van der Waals surface area contributed by atoms with E-state index in [1.165, 1.54) is 0 Å².